The molecule has 1 rings (SSSR count). The first-order valence-corrected chi connectivity index (χ1v) is 6.24. The van der Waals surface area contributed by atoms with E-state index in [9.17, 15) is 0 Å². The van der Waals surface area contributed by atoms with Gasteiger partial charge in [-0.3, -0.25) is 0 Å². The maximum absolute atomic E-state index is 8.52. The number of nitrogens with one attached hydrogen (secondary N) is 1. The fourth-order valence-corrected chi connectivity index (χ4v) is 2.29. The third-order valence-electron chi connectivity index (χ3n) is 3.35. The lowest BCUT2D eigenvalue weighted by molar-refractivity contribution is 0.0926. The van der Waals surface area contributed by atoms with Gasteiger partial charge < -0.3 is 15.2 Å². The molecule has 0 heterocycles. The van der Waals surface area contributed by atoms with Gasteiger partial charge in [-0.1, -0.05) is 26.2 Å². The molecule has 0 saturated heterocycles. The van der Waals surface area contributed by atoms with Gasteiger partial charge in [0.1, 0.15) is 0 Å². The van der Waals surface area contributed by atoms with Crippen molar-refractivity contribution in [1.29, 1.82) is 0 Å². The smallest absolute Gasteiger partial charge is 0.0698 e. The van der Waals surface area contributed by atoms with Gasteiger partial charge in [0.15, 0.2) is 0 Å². The van der Waals surface area contributed by atoms with Gasteiger partial charge in [0, 0.05) is 6.54 Å². The van der Waals surface area contributed by atoms with Crippen molar-refractivity contribution in [2.24, 2.45) is 11.8 Å². The standard InChI is InChI=1S/C12H25NO2/c1-11-4-2-3-5-12(11)10-13-6-8-15-9-7-14/h11-14H,2-10H2,1H3. The summed E-state index contributed by atoms with van der Waals surface area (Å²) in [6, 6.07) is 0. The van der Waals surface area contributed by atoms with Crippen molar-refractivity contribution in [1.82, 2.24) is 5.32 Å². The highest BCUT2D eigenvalue weighted by Gasteiger charge is 2.20. The maximum atomic E-state index is 8.52. The lowest BCUT2D eigenvalue weighted by Gasteiger charge is -2.28. The zero-order valence-electron chi connectivity index (χ0n) is 9.87. The van der Waals surface area contributed by atoms with Crippen LogP contribution < -0.4 is 5.32 Å². The Morgan fingerprint density at radius 3 is 2.80 bits per heavy atom. The molecule has 0 radical (unpaired) electrons. The summed E-state index contributed by atoms with van der Waals surface area (Å²) >= 11 is 0. The molecule has 2 atom stereocenters. The molecule has 1 aliphatic rings. The molecule has 15 heavy (non-hydrogen) atoms. The van der Waals surface area contributed by atoms with E-state index >= 15 is 0 Å². The van der Waals surface area contributed by atoms with Crippen molar-refractivity contribution in [2.75, 3.05) is 32.9 Å². The Bertz CT molecular complexity index is 153. The van der Waals surface area contributed by atoms with Crippen LogP contribution in [-0.4, -0.2) is 38.0 Å². The van der Waals surface area contributed by atoms with E-state index in [0.717, 1.165) is 24.9 Å². The van der Waals surface area contributed by atoms with Gasteiger partial charge in [-0.25, -0.2) is 0 Å². The normalized spacial score (nSPS) is 26.8. The van der Waals surface area contributed by atoms with Crippen LogP contribution in [0.2, 0.25) is 0 Å². The van der Waals surface area contributed by atoms with Crippen LogP contribution in [0.25, 0.3) is 0 Å². The Morgan fingerprint density at radius 2 is 2.07 bits per heavy atom. The van der Waals surface area contributed by atoms with Crippen molar-refractivity contribution < 1.29 is 9.84 Å². The van der Waals surface area contributed by atoms with Crippen LogP contribution in [0.15, 0.2) is 0 Å². The van der Waals surface area contributed by atoms with Crippen LogP contribution in [0.1, 0.15) is 32.6 Å². The first-order valence-electron chi connectivity index (χ1n) is 6.24. The van der Waals surface area contributed by atoms with E-state index in [4.69, 9.17) is 9.84 Å². The largest absolute Gasteiger partial charge is 0.394 e. The Labute approximate surface area is 93.2 Å². The molecular formula is C12H25NO2. The van der Waals surface area contributed by atoms with Gasteiger partial charge in [-0.05, 0) is 24.8 Å². The molecule has 0 aromatic rings. The molecule has 90 valence electrons. The zero-order valence-corrected chi connectivity index (χ0v) is 9.87. The number of aliphatic hydroxyl groups excluding tert-OH is 1. The minimum Gasteiger partial charge on any atom is -0.394 e. The molecule has 0 aromatic heterocycles. The van der Waals surface area contributed by atoms with E-state index in [1.54, 1.807) is 0 Å². The van der Waals surface area contributed by atoms with Gasteiger partial charge >= 0.3 is 0 Å². The summed E-state index contributed by atoms with van der Waals surface area (Å²) in [5.41, 5.74) is 0. The predicted octanol–water partition coefficient (Wildman–Crippen LogP) is 1.41. The number of hydrogen-bond acceptors (Lipinski definition) is 3. The second-order valence-corrected chi connectivity index (χ2v) is 4.56. The van der Waals surface area contributed by atoms with Gasteiger partial charge in [-0.15, -0.1) is 0 Å². The lowest BCUT2D eigenvalue weighted by Crippen LogP contribution is -2.31. The van der Waals surface area contributed by atoms with Crippen LogP contribution in [0, 0.1) is 11.8 Å². The fraction of sp³-hybridized carbons (Fsp3) is 1.00. The number of hydrogen-bond donors (Lipinski definition) is 2. The summed E-state index contributed by atoms with van der Waals surface area (Å²) < 4.78 is 5.19. The minimum absolute atomic E-state index is 0.125. The number of ether oxygens (including phenoxy) is 1. The van der Waals surface area contributed by atoms with Crippen LogP contribution in [0.4, 0.5) is 0 Å². The fourth-order valence-electron chi connectivity index (χ4n) is 2.29. The average Bonchev–Trinajstić information content (AvgIpc) is 2.25. The minimum atomic E-state index is 0.125. The Kier molecular flexibility index (Phi) is 6.98. The van der Waals surface area contributed by atoms with E-state index in [1.807, 2.05) is 0 Å². The quantitative estimate of drug-likeness (QED) is 0.631. The molecule has 2 N–H and O–H groups in total. The highest BCUT2D eigenvalue weighted by molar-refractivity contribution is 4.73. The molecule has 1 aliphatic carbocycles. The van der Waals surface area contributed by atoms with E-state index in [0.29, 0.717) is 13.2 Å². The number of aliphatic hydroxyl groups is 1. The van der Waals surface area contributed by atoms with Crippen molar-refractivity contribution in [3.8, 4) is 0 Å². The molecule has 0 aliphatic heterocycles. The maximum Gasteiger partial charge on any atom is 0.0698 e. The molecule has 3 heteroatoms. The molecule has 0 spiro atoms. The molecule has 0 bridgehead atoms. The van der Waals surface area contributed by atoms with E-state index in [-0.39, 0.29) is 6.61 Å². The molecular weight excluding hydrogens is 190 g/mol. The summed E-state index contributed by atoms with van der Waals surface area (Å²) in [6.45, 7) is 5.70. The summed E-state index contributed by atoms with van der Waals surface area (Å²) in [7, 11) is 0. The number of rotatable bonds is 7. The zero-order chi connectivity index (χ0) is 10.9. The van der Waals surface area contributed by atoms with Crippen LogP contribution in [0.5, 0.6) is 0 Å². The molecule has 0 aromatic carbocycles. The summed E-state index contributed by atoms with van der Waals surface area (Å²) in [5.74, 6) is 1.74. The van der Waals surface area contributed by atoms with Crippen molar-refractivity contribution in [3.63, 3.8) is 0 Å². The topological polar surface area (TPSA) is 41.5 Å². The Morgan fingerprint density at radius 1 is 1.27 bits per heavy atom. The van der Waals surface area contributed by atoms with Crippen LogP contribution in [0.3, 0.4) is 0 Å². The van der Waals surface area contributed by atoms with Crippen LogP contribution in [-0.2, 0) is 4.74 Å². The Balaban J connectivity index is 1.94. The highest BCUT2D eigenvalue weighted by Crippen LogP contribution is 2.28. The van der Waals surface area contributed by atoms with Crippen molar-refractivity contribution in [2.45, 2.75) is 32.6 Å². The Hall–Kier alpha value is -0.120. The van der Waals surface area contributed by atoms with Crippen molar-refractivity contribution >= 4 is 0 Å². The second kappa shape index (κ2) is 8.08. The summed E-state index contributed by atoms with van der Waals surface area (Å²) in [6.07, 6.45) is 5.59. The van der Waals surface area contributed by atoms with Gasteiger partial charge in [-0.2, -0.15) is 0 Å². The SMILES string of the molecule is CC1CCCCC1CNCCOCCO. The molecule has 0 amide bonds. The third kappa shape index (κ3) is 5.50. The third-order valence-corrected chi connectivity index (χ3v) is 3.35. The van der Waals surface area contributed by atoms with Gasteiger partial charge in [0.05, 0.1) is 19.8 Å². The lowest BCUT2D eigenvalue weighted by atomic mass is 9.80. The van der Waals surface area contributed by atoms with Gasteiger partial charge in [0.25, 0.3) is 0 Å². The predicted molar refractivity (Wildman–Crippen MR) is 61.9 cm³/mol. The molecule has 1 saturated carbocycles. The second-order valence-electron chi connectivity index (χ2n) is 4.56. The van der Waals surface area contributed by atoms with E-state index in [1.165, 1.54) is 25.7 Å². The summed E-state index contributed by atoms with van der Waals surface area (Å²) in [5, 5.41) is 12.0. The molecule has 3 nitrogen and oxygen atoms in total. The highest BCUT2D eigenvalue weighted by atomic mass is 16.5. The van der Waals surface area contributed by atoms with E-state index in [2.05, 4.69) is 12.2 Å². The molecule has 1 fully saturated rings. The van der Waals surface area contributed by atoms with Crippen molar-refractivity contribution in [3.05, 3.63) is 0 Å². The van der Waals surface area contributed by atoms with Crippen LogP contribution >= 0.6 is 0 Å². The first kappa shape index (κ1) is 12.9. The van der Waals surface area contributed by atoms with Gasteiger partial charge in [0.2, 0.25) is 0 Å². The first-order chi connectivity index (χ1) is 7.34. The monoisotopic (exact) mass is 215 g/mol. The van der Waals surface area contributed by atoms with E-state index < -0.39 is 0 Å². The molecule has 2 unspecified atom stereocenters. The average molecular weight is 215 g/mol. The summed E-state index contributed by atoms with van der Waals surface area (Å²) in [4.78, 5) is 0.